The van der Waals surface area contributed by atoms with Crippen LogP contribution in [0.2, 0.25) is 0 Å². The predicted molar refractivity (Wildman–Crippen MR) is 46.9 cm³/mol. The van der Waals surface area contributed by atoms with Crippen LogP contribution in [0.1, 0.15) is 20.3 Å². The van der Waals surface area contributed by atoms with Crippen molar-refractivity contribution in [1.29, 1.82) is 0 Å². The molecule has 6 heteroatoms. The molecule has 0 rings (SSSR count). The number of aliphatic hydroxyl groups excluding tert-OH is 1. The van der Waals surface area contributed by atoms with E-state index in [0.717, 1.165) is 6.42 Å². The van der Waals surface area contributed by atoms with Crippen molar-refractivity contribution in [1.82, 2.24) is 9.44 Å². The summed E-state index contributed by atoms with van der Waals surface area (Å²) >= 11 is 0. The molecule has 1 atom stereocenters. The van der Waals surface area contributed by atoms with Crippen LogP contribution in [-0.4, -0.2) is 32.7 Å². The zero-order valence-corrected chi connectivity index (χ0v) is 8.19. The fraction of sp³-hybridized carbons (Fsp3) is 1.00. The molecule has 0 radical (unpaired) electrons. The number of hydrogen-bond acceptors (Lipinski definition) is 3. The molecule has 0 aromatic carbocycles. The molecule has 0 aliphatic carbocycles. The first-order chi connectivity index (χ1) is 5.52. The minimum atomic E-state index is -3.42. The molecule has 0 aromatic rings. The topological polar surface area (TPSA) is 78.4 Å². The van der Waals surface area contributed by atoms with Gasteiger partial charge in [0.2, 0.25) is 0 Å². The predicted octanol–water partition coefficient (Wildman–Crippen LogP) is -0.799. The minimum Gasteiger partial charge on any atom is -0.395 e. The summed E-state index contributed by atoms with van der Waals surface area (Å²) in [5.74, 6) is 0. The third-order valence-corrected chi connectivity index (χ3v) is 2.47. The van der Waals surface area contributed by atoms with Gasteiger partial charge in [-0.15, -0.1) is 0 Å². The standard InChI is InChI=1S/C6H16N2O3S/c1-3-4-7-12(10,11)8-6(2)5-9/h6-9H,3-5H2,1-2H3. The van der Waals surface area contributed by atoms with Crippen LogP contribution in [-0.2, 0) is 10.2 Å². The molecule has 0 fully saturated rings. The second kappa shape index (κ2) is 5.47. The van der Waals surface area contributed by atoms with Gasteiger partial charge < -0.3 is 5.11 Å². The summed E-state index contributed by atoms with van der Waals surface area (Å²) < 4.78 is 26.6. The average molecular weight is 196 g/mol. The van der Waals surface area contributed by atoms with Crippen molar-refractivity contribution in [2.24, 2.45) is 0 Å². The molecule has 12 heavy (non-hydrogen) atoms. The highest BCUT2D eigenvalue weighted by Crippen LogP contribution is 1.84. The summed E-state index contributed by atoms with van der Waals surface area (Å²) in [7, 11) is -3.42. The van der Waals surface area contributed by atoms with Gasteiger partial charge in [-0.25, -0.2) is 4.72 Å². The smallest absolute Gasteiger partial charge is 0.277 e. The van der Waals surface area contributed by atoms with E-state index in [1.54, 1.807) is 6.92 Å². The lowest BCUT2D eigenvalue weighted by Crippen LogP contribution is -2.43. The van der Waals surface area contributed by atoms with Crippen LogP contribution < -0.4 is 9.44 Å². The zero-order chi connectivity index (χ0) is 9.61. The zero-order valence-electron chi connectivity index (χ0n) is 7.37. The monoisotopic (exact) mass is 196 g/mol. The average Bonchev–Trinajstić information content (AvgIpc) is 2.00. The highest BCUT2D eigenvalue weighted by atomic mass is 32.2. The van der Waals surface area contributed by atoms with E-state index in [1.807, 2.05) is 6.92 Å². The number of aliphatic hydroxyl groups is 1. The molecular weight excluding hydrogens is 180 g/mol. The van der Waals surface area contributed by atoms with Crippen LogP contribution in [0.15, 0.2) is 0 Å². The summed E-state index contributed by atoms with van der Waals surface area (Å²) in [6.07, 6.45) is 0.744. The number of hydrogen-bond donors (Lipinski definition) is 3. The maximum absolute atomic E-state index is 11.0. The highest BCUT2D eigenvalue weighted by Gasteiger charge is 2.11. The van der Waals surface area contributed by atoms with Gasteiger partial charge in [0.05, 0.1) is 6.61 Å². The van der Waals surface area contributed by atoms with E-state index in [1.165, 1.54) is 0 Å². The van der Waals surface area contributed by atoms with Crippen molar-refractivity contribution < 1.29 is 13.5 Å². The summed E-state index contributed by atoms with van der Waals surface area (Å²) in [6, 6.07) is -0.445. The van der Waals surface area contributed by atoms with Crippen molar-refractivity contribution in [3.8, 4) is 0 Å². The first-order valence-electron chi connectivity index (χ1n) is 3.89. The van der Waals surface area contributed by atoms with Crippen LogP contribution >= 0.6 is 0 Å². The van der Waals surface area contributed by atoms with Gasteiger partial charge in [-0.3, -0.25) is 0 Å². The highest BCUT2D eigenvalue weighted by molar-refractivity contribution is 7.87. The quantitative estimate of drug-likeness (QED) is 0.520. The van der Waals surface area contributed by atoms with Crippen LogP contribution in [0.25, 0.3) is 0 Å². The second-order valence-electron chi connectivity index (χ2n) is 2.60. The Morgan fingerprint density at radius 2 is 2.08 bits per heavy atom. The van der Waals surface area contributed by atoms with Crippen molar-refractivity contribution in [2.75, 3.05) is 13.2 Å². The molecule has 0 aliphatic heterocycles. The molecule has 0 aromatic heterocycles. The molecule has 0 saturated carbocycles. The Balaban J connectivity index is 3.88. The Morgan fingerprint density at radius 3 is 2.50 bits per heavy atom. The SMILES string of the molecule is CCCNS(=O)(=O)NC(C)CO. The lowest BCUT2D eigenvalue weighted by molar-refractivity contribution is 0.265. The van der Waals surface area contributed by atoms with Gasteiger partial charge in [0.25, 0.3) is 10.2 Å². The molecular formula is C6H16N2O3S. The van der Waals surface area contributed by atoms with E-state index >= 15 is 0 Å². The van der Waals surface area contributed by atoms with Crippen molar-refractivity contribution in [3.63, 3.8) is 0 Å². The lowest BCUT2D eigenvalue weighted by atomic mass is 10.4. The summed E-state index contributed by atoms with van der Waals surface area (Å²) in [6.45, 7) is 3.67. The Labute approximate surface area is 73.4 Å². The molecule has 74 valence electrons. The van der Waals surface area contributed by atoms with Crippen molar-refractivity contribution >= 4 is 10.2 Å². The van der Waals surface area contributed by atoms with Crippen molar-refractivity contribution in [3.05, 3.63) is 0 Å². The third-order valence-electron chi connectivity index (χ3n) is 1.17. The van der Waals surface area contributed by atoms with Gasteiger partial charge in [0.1, 0.15) is 0 Å². The molecule has 5 nitrogen and oxygen atoms in total. The Hall–Kier alpha value is -0.170. The maximum Gasteiger partial charge on any atom is 0.277 e. The Kier molecular flexibility index (Phi) is 5.39. The van der Waals surface area contributed by atoms with Gasteiger partial charge >= 0.3 is 0 Å². The first kappa shape index (κ1) is 11.8. The van der Waals surface area contributed by atoms with Gasteiger partial charge in [-0.05, 0) is 13.3 Å². The van der Waals surface area contributed by atoms with E-state index in [4.69, 9.17) is 5.11 Å². The largest absolute Gasteiger partial charge is 0.395 e. The van der Waals surface area contributed by atoms with Crippen LogP contribution in [0.5, 0.6) is 0 Å². The van der Waals surface area contributed by atoms with Crippen molar-refractivity contribution in [2.45, 2.75) is 26.3 Å². The molecule has 0 saturated heterocycles. The fourth-order valence-electron chi connectivity index (χ4n) is 0.580. The normalized spacial score (nSPS) is 14.6. The molecule has 3 N–H and O–H groups in total. The molecule has 0 aliphatic rings. The number of nitrogens with one attached hydrogen (secondary N) is 2. The van der Waals surface area contributed by atoms with E-state index in [2.05, 4.69) is 9.44 Å². The maximum atomic E-state index is 11.0. The van der Waals surface area contributed by atoms with E-state index in [9.17, 15) is 8.42 Å². The van der Waals surface area contributed by atoms with Crippen LogP contribution in [0.3, 0.4) is 0 Å². The third kappa shape index (κ3) is 5.48. The minimum absolute atomic E-state index is 0.201. The van der Waals surface area contributed by atoms with Gasteiger partial charge in [0, 0.05) is 12.6 Å². The second-order valence-corrected chi connectivity index (χ2v) is 4.13. The first-order valence-corrected chi connectivity index (χ1v) is 5.38. The lowest BCUT2D eigenvalue weighted by Gasteiger charge is -2.11. The summed E-state index contributed by atoms with van der Waals surface area (Å²) in [5, 5.41) is 8.57. The van der Waals surface area contributed by atoms with Crippen LogP contribution in [0.4, 0.5) is 0 Å². The van der Waals surface area contributed by atoms with Crippen LogP contribution in [0, 0.1) is 0 Å². The summed E-state index contributed by atoms with van der Waals surface area (Å²) in [4.78, 5) is 0. The Morgan fingerprint density at radius 1 is 1.50 bits per heavy atom. The molecule has 0 bridgehead atoms. The Bertz CT molecular complexity index is 203. The molecule has 0 amide bonds. The molecule has 0 heterocycles. The molecule has 0 spiro atoms. The van der Waals surface area contributed by atoms with E-state index < -0.39 is 16.3 Å². The van der Waals surface area contributed by atoms with E-state index in [-0.39, 0.29) is 6.61 Å². The molecule has 1 unspecified atom stereocenters. The van der Waals surface area contributed by atoms with Gasteiger partial charge in [0.15, 0.2) is 0 Å². The van der Waals surface area contributed by atoms with E-state index in [0.29, 0.717) is 6.54 Å². The van der Waals surface area contributed by atoms with Gasteiger partial charge in [-0.2, -0.15) is 13.1 Å². The number of rotatable bonds is 6. The summed E-state index contributed by atoms with van der Waals surface area (Å²) in [5.41, 5.74) is 0. The fourth-order valence-corrected chi connectivity index (χ4v) is 1.74. The van der Waals surface area contributed by atoms with Gasteiger partial charge in [-0.1, -0.05) is 6.92 Å².